The molecule has 3 N–H and O–H groups in total. The van der Waals surface area contributed by atoms with Crippen molar-refractivity contribution in [3.05, 3.63) is 46.4 Å². The minimum atomic E-state index is -0.402. The summed E-state index contributed by atoms with van der Waals surface area (Å²) in [5.41, 5.74) is 6.13. The molecule has 2 aromatic rings. The van der Waals surface area contributed by atoms with Crippen LogP contribution in [0.2, 0.25) is 0 Å². The third-order valence-corrected chi connectivity index (χ3v) is 3.53. The number of halogens is 1. The molecule has 0 atom stereocenters. The molecule has 2 heterocycles. The largest absolute Gasteiger partial charge is 0.349 e. The summed E-state index contributed by atoms with van der Waals surface area (Å²) in [5, 5.41) is 4.90. The zero-order valence-corrected chi connectivity index (χ0v) is 13.3. The molecule has 0 fully saturated rings. The molecule has 4 nitrogen and oxygen atoms in total. The maximum Gasteiger partial charge on any atom is 0.267 e. The summed E-state index contributed by atoms with van der Waals surface area (Å²) in [6, 6.07) is 7.79. The number of carbonyl (C=O) groups excluding carboxylic acids is 1. The third kappa shape index (κ3) is 4.67. The summed E-state index contributed by atoms with van der Waals surface area (Å²) in [6.07, 6.45) is 1.92. The number of nitrogens with zero attached hydrogens (tertiary/aromatic N) is 1. The van der Waals surface area contributed by atoms with Crippen molar-refractivity contribution in [1.29, 1.82) is 0 Å². The van der Waals surface area contributed by atoms with Crippen LogP contribution < -0.4 is 11.1 Å². The van der Waals surface area contributed by atoms with Crippen molar-refractivity contribution in [2.75, 3.05) is 6.54 Å². The van der Waals surface area contributed by atoms with Crippen LogP contribution in [-0.4, -0.2) is 22.6 Å². The molecule has 0 radical (unpaired) electrons. The first-order chi connectivity index (χ1) is 8.96. The van der Waals surface area contributed by atoms with Gasteiger partial charge in [0.2, 0.25) is 0 Å². The lowest BCUT2D eigenvalue weighted by Crippen LogP contribution is -2.45. The number of nitrogens with two attached hydrogens (primary N) is 1. The van der Waals surface area contributed by atoms with Crippen molar-refractivity contribution in [2.45, 2.75) is 25.9 Å². The van der Waals surface area contributed by atoms with Gasteiger partial charge in [-0.15, -0.1) is 23.7 Å². The molecular weight excluding hydrogens is 294 g/mol. The van der Waals surface area contributed by atoms with E-state index < -0.39 is 5.54 Å². The molecule has 20 heavy (non-hydrogen) atoms. The topological polar surface area (TPSA) is 60.0 Å². The fraction of sp³-hybridized carbons (Fsp3) is 0.357. The van der Waals surface area contributed by atoms with Crippen LogP contribution in [0.25, 0.3) is 0 Å². The fourth-order valence-corrected chi connectivity index (χ4v) is 2.43. The minimum Gasteiger partial charge on any atom is -0.349 e. The molecule has 0 spiro atoms. The molecule has 0 unspecified atom stereocenters. The minimum absolute atomic E-state index is 0. The molecule has 110 valence electrons. The van der Waals surface area contributed by atoms with E-state index in [1.807, 2.05) is 48.2 Å². The molecule has 0 aromatic carbocycles. The van der Waals surface area contributed by atoms with Gasteiger partial charge >= 0.3 is 0 Å². The Labute approximate surface area is 129 Å². The Morgan fingerprint density at radius 3 is 2.75 bits per heavy atom. The molecule has 0 bridgehead atoms. The summed E-state index contributed by atoms with van der Waals surface area (Å²) in [6.45, 7) is 4.95. The van der Waals surface area contributed by atoms with Crippen LogP contribution in [0.3, 0.4) is 0 Å². The van der Waals surface area contributed by atoms with Gasteiger partial charge in [0.25, 0.3) is 5.91 Å². The SMILES string of the molecule is CC(C)(N)CNC(=O)c1cccn1Cc1cccs1.Cl. The van der Waals surface area contributed by atoms with Gasteiger partial charge in [0, 0.05) is 23.2 Å². The fourth-order valence-electron chi connectivity index (χ4n) is 1.73. The van der Waals surface area contributed by atoms with Crippen LogP contribution in [0, 0.1) is 0 Å². The van der Waals surface area contributed by atoms with Crippen molar-refractivity contribution in [1.82, 2.24) is 9.88 Å². The van der Waals surface area contributed by atoms with E-state index in [4.69, 9.17) is 5.73 Å². The van der Waals surface area contributed by atoms with Gasteiger partial charge < -0.3 is 15.6 Å². The van der Waals surface area contributed by atoms with E-state index in [2.05, 4.69) is 11.4 Å². The predicted octanol–water partition coefficient (Wildman–Crippen LogP) is 2.49. The molecule has 6 heteroatoms. The Bertz CT molecular complexity index is 543. The molecular formula is C14H20ClN3OS. The summed E-state index contributed by atoms with van der Waals surface area (Å²) in [7, 11) is 0. The Hall–Kier alpha value is -1.30. The highest BCUT2D eigenvalue weighted by atomic mass is 35.5. The molecule has 0 aliphatic rings. The Balaban J connectivity index is 0.00000200. The van der Waals surface area contributed by atoms with Crippen LogP contribution in [0.4, 0.5) is 0 Å². The van der Waals surface area contributed by atoms with E-state index in [1.54, 1.807) is 11.3 Å². The average molecular weight is 314 g/mol. The number of nitrogens with one attached hydrogen (secondary N) is 1. The monoisotopic (exact) mass is 313 g/mol. The number of hydrogen-bond acceptors (Lipinski definition) is 3. The van der Waals surface area contributed by atoms with Crippen LogP contribution in [0.5, 0.6) is 0 Å². The molecule has 2 aromatic heterocycles. The van der Waals surface area contributed by atoms with Crippen molar-refractivity contribution >= 4 is 29.7 Å². The summed E-state index contributed by atoms with van der Waals surface area (Å²) < 4.78 is 1.95. The van der Waals surface area contributed by atoms with Gasteiger partial charge in [-0.1, -0.05) is 6.07 Å². The van der Waals surface area contributed by atoms with Gasteiger partial charge in [-0.3, -0.25) is 4.79 Å². The number of rotatable bonds is 5. The standard InChI is InChI=1S/C14H19N3OS.ClH/c1-14(2,15)10-16-13(18)12-6-3-7-17(12)9-11-5-4-8-19-11;/h3-8H,9-10,15H2,1-2H3,(H,16,18);1H. The van der Waals surface area contributed by atoms with Crippen LogP contribution in [0.1, 0.15) is 29.2 Å². The molecule has 1 amide bonds. The van der Waals surface area contributed by atoms with Crippen LogP contribution >= 0.6 is 23.7 Å². The second-order valence-electron chi connectivity index (χ2n) is 5.27. The van der Waals surface area contributed by atoms with Crippen molar-refractivity contribution < 1.29 is 4.79 Å². The maximum atomic E-state index is 12.1. The highest BCUT2D eigenvalue weighted by Gasteiger charge is 2.15. The van der Waals surface area contributed by atoms with E-state index >= 15 is 0 Å². The molecule has 0 aliphatic heterocycles. The van der Waals surface area contributed by atoms with E-state index in [0.717, 1.165) is 6.54 Å². The Morgan fingerprint density at radius 1 is 1.40 bits per heavy atom. The van der Waals surface area contributed by atoms with Gasteiger partial charge in [-0.25, -0.2) is 0 Å². The summed E-state index contributed by atoms with van der Waals surface area (Å²) >= 11 is 1.69. The van der Waals surface area contributed by atoms with Gasteiger partial charge in [0.15, 0.2) is 0 Å². The van der Waals surface area contributed by atoms with Crippen LogP contribution in [-0.2, 0) is 6.54 Å². The quantitative estimate of drug-likeness (QED) is 0.891. The average Bonchev–Trinajstić information content (AvgIpc) is 2.97. The second kappa shape index (κ2) is 6.92. The van der Waals surface area contributed by atoms with E-state index in [9.17, 15) is 4.79 Å². The van der Waals surface area contributed by atoms with E-state index in [-0.39, 0.29) is 18.3 Å². The van der Waals surface area contributed by atoms with Crippen molar-refractivity contribution in [3.8, 4) is 0 Å². The van der Waals surface area contributed by atoms with Gasteiger partial charge in [-0.2, -0.15) is 0 Å². The zero-order valence-electron chi connectivity index (χ0n) is 11.6. The summed E-state index contributed by atoms with van der Waals surface area (Å²) in [5.74, 6) is -0.0833. The number of carbonyl (C=O) groups is 1. The first kappa shape index (κ1) is 16.8. The lowest BCUT2D eigenvalue weighted by molar-refractivity contribution is 0.0937. The maximum absolute atomic E-state index is 12.1. The third-order valence-electron chi connectivity index (χ3n) is 2.67. The number of amides is 1. The first-order valence-corrected chi connectivity index (χ1v) is 7.08. The van der Waals surface area contributed by atoms with Crippen molar-refractivity contribution in [3.63, 3.8) is 0 Å². The molecule has 0 saturated carbocycles. The van der Waals surface area contributed by atoms with Gasteiger partial charge in [0.1, 0.15) is 5.69 Å². The normalized spacial score (nSPS) is 10.9. The highest BCUT2D eigenvalue weighted by Crippen LogP contribution is 2.13. The van der Waals surface area contributed by atoms with E-state index in [0.29, 0.717) is 12.2 Å². The number of thiophene rings is 1. The molecule has 0 aliphatic carbocycles. The number of hydrogen-bond donors (Lipinski definition) is 2. The number of aromatic nitrogens is 1. The Kier molecular flexibility index (Phi) is 5.80. The highest BCUT2D eigenvalue weighted by molar-refractivity contribution is 7.09. The van der Waals surface area contributed by atoms with Crippen LogP contribution in [0.15, 0.2) is 35.8 Å². The second-order valence-corrected chi connectivity index (χ2v) is 6.30. The lowest BCUT2D eigenvalue weighted by Gasteiger charge is -2.19. The Morgan fingerprint density at radius 2 is 2.15 bits per heavy atom. The van der Waals surface area contributed by atoms with Gasteiger partial charge in [-0.05, 0) is 37.4 Å². The molecule has 0 saturated heterocycles. The smallest absolute Gasteiger partial charge is 0.267 e. The van der Waals surface area contributed by atoms with E-state index in [1.165, 1.54) is 4.88 Å². The van der Waals surface area contributed by atoms with Gasteiger partial charge in [0.05, 0.1) is 6.54 Å². The lowest BCUT2D eigenvalue weighted by atomic mass is 10.1. The summed E-state index contributed by atoms with van der Waals surface area (Å²) in [4.78, 5) is 13.3. The predicted molar refractivity (Wildman–Crippen MR) is 85.7 cm³/mol. The van der Waals surface area contributed by atoms with Crippen molar-refractivity contribution in [2.24, 2.45) is 5.73 Å². The zero-order chi connectivity index (χ0) is 13.9. The first-order valence-electron chi connectivity index (χ1n) is 6.20. The molecule has 2 rings (SSSR count).